The topological polar surface area (TPSA) is 30.9 Å². The van der Waals surface area contributed by atoms with Crippen molar-refractivity contribution in [3.8, 4) is 11.5 Å². The molecule has 5 heteroatoms. The van der Waals surface area contributed by atoms with Crippen molar-refractivity contribution in [2.24, 2.45) is 0 Å². The molecule has 112 valence electrons. The molecule has 0 saturated carbocycles. The van der Waals surface area contributed by atoms with Crippen molar-refractivity contribution < 1.29 is 14.2 Å². The number of ether oxygens (including phenoxy) is 3. The van der Waals surface area contributed by atoms with Gasteiger partial charge in [0.1, 0.15) is 0 Å². The van der Waals surface area contributed by atoms with Crippen LogP contribution in [0.3, 0.4) is 0 Å². The predicted molar refractivity (Wildman–Crippen MR) is 82.8 cm³/mol. The first kappa shape index (κ1) is 15.6. The number of hydrogen-bond donors (Lipinski definition) is 0. The third-order valence-corrected chi connectivity index (χ3v) is 4.31. The summed E-state index contributed by atoms with van der Waals surface area (Å²) in [5.74, 6) is 1.55. The maximum Gasteiger partial charge on any atom is 0.161 e. The molecule has 0 spiro atoms. The highest BCUT2D eigenvalue weighted by Gasteiger charge is 2.12. The molecule has 1 aliphatic rings. The zero-order valence-electron chi connectivity index (χ0n) is 12.2. The van der Waals surface area contributed by atoms with Crippen LogP contribution in [0.5, 0.6) is 11.5 Å². The third-order valence-electron chi connectivity index (χ3n) is 3.58. The monoisotopic (exact) mass is 343 g/mol. The predicted octanol–water partition coefficient (Wildman–Crippen LogP) is 2.73. The quantitative estimate of drug-likeness (QED) is 0.794. The lowest BCUT2D eigenvalue weighted by Gasteiger charge is -2.26. The van der Waals surface area contributed by atoms with Crippen molar-refractivity contribution in [1.82, 2.24) is 4.90 Å². The smallest absolute Gasteiger partial charge is 0.161 e. The molecule has 1 saturated heterocycles. The van der Waals surface area contributed by atoms with Crippen LogP contribution in [0.25, 0.3) is 0 Å². The largest absolute Gasteiger partial charge is 0.493 e. The summed E-state index contributed by atoms with van der Waals surface area (Å²) >= 11 is 3.61. The maximum atomic E-state index is 5.36. The molecule has 0 aliphatic carbocycles. The van der Waals surface area contributed by atoms with Gasteiger partial charge in [-0.2, -0.15) is 0 Å². The van der Waals surface area contributed by atoms with E-state index in [2.05, 4.69) is 26.9 Å². The minimum atomic E-state index is 0.760. The molecule has 1 heterocycles. The van der Waals surface area contributed by atoms with Gasteiger partial charge in [-0.3, -0.25) is 4.90 Å². The van der Waals surface area contributed by atoms with Crippen molar-refractivity contribution in [1.29, 1.82) is 0 Å². The maximum absolute atomic E-state index is 5.36. The Balaban J connectivity index is 1.91. The second kappa shape index (κ2) is 7.86. The fourth-order valence-corrected chi connectivity index (χ4v) is 2.93. The van der Waals surface area contributed by atoms with E-state index in [1.165, 1.54) is 5.56 Å². The van der Waals surface area contributed by atoms with Gasteiger partial charge in [-0.1, -0.05) is 15.9 Å². The summed E-state index contributed by atoms with van der Waals surface area (Å²) in [6, 6.07) is 4.03. The van der Waals surface area contributed by atoms with Crippen LogP contribution in [0.15, 0.2) is 16.6 Å². The van der Waals surface area contributed by atoms with Crippen molar-refractivity contribution >= 4 is 15.9 Å². The van der Waals surface area contributed by atoms with Crippen molar-refractivity contribution in [2.75, 3.05) is 47.1 Å². The first-order valence-corrected chi connectivity index (χ1v) is 7.74. The van der Waals surface area contributed by atoms with Crippen molar-refractivity contribution in [3.63, 3.8) is 0 Å². The molecule has 0 unspecified atom stereocenters. The molecular weight excluding hydrogens is 322 g/mol. The second-order valence-corrected chi connectivity index (χ2v) is 5.71. The van der Waals surface area contributed by atoms with Crippen LogP contribution in [-0.4, -0.2) is 52.0 Å². The summed E-state index contributed by atoms with van der Waals surface area (Å²) in [7, 11) is 3.33. The zero-order chi connectivity index (χ0) is 14.4. The molecule has 2 rings (SSSR count). The van der Waals surface area contributed by atoms with E-state index in [0.29, 0.717) is 0 Å². The van der Waals surface area contributed by atoms with Crippen molar-refractivity contribution in [3.05, 3.63) is 22.2 Å². The van der Waals surface area contributed by atoms with Gasteiger partial charge < -0.3 is 14.2 Å². The molecular formula is C15H22BrNO3. The van der Waals surface area contributed by atoms with Crippen molar-refractivity contribution in [2.45, 2.75) is 12.8 Å². The van der Waals surface area contributed by atoms with Gasteiger partial charge >= 0.3 is 0 Å². The molecule has 1 fully saturated rings. The number of halogens is 1. The molecule has 4 nitrogen and oxygen atoms in total. The van der Waals surface area contributed by atoms with E-state index >= 15 is 0 Å². The third kappa shape index (κ3) is 4.11. The van der Waals surface area contributed by atoms with Gasteiger partial charge in [-0.25, -0.2) is 0 Å². The Hall–Kier alpha value is -0.780. The van der Waals surface area contributed by atoms with E-state index in [0.717, 1.165) is 61.7 Å². The van der Waals surface area contributed by atoms with Gasteiger partial charge in [-0.15, -0.1) is 0 Å². The van der Waals surface area contributed by atoms with Crippen LogP contribution in [0.2, 0.25) is 0 Å². The van der Waals surface area contributed by atoms with Crippen LogP contribution < -0.4 is 9.47 Å². The minimum Gasteiger partial charge on any atom is -0.493 e. The SMILES string of the molecule is COc1cc(Br)c(CCCN2CCOCC2)cc1OC. The average Bonchev–Trinajstić information content (AvgIpc) is 2.49. The Kier molecular flexibility index (Phi) is 6.13. The van der Waals surface area contributed by atoms with Gasteiger partial charge in [0.15, 0.2) is 11.5 Å². The Morgan fingerprint density at radius 3 is 2.45 bits per heavy atom. The summed E-state index contributed by atoms with van der Waals surface area (Å²) in [5.41, 5.74) is 1.26. The molecule has 0 N–H and O–H groups in total. The van der Waals surface area contributed by atoms with Gasteiger partial charge in [-0.05, 0) is 37.1 Å². The zero-order valence-corrected chi connectivity index (χ0v) is 13.7. The highest BCUT2D eigenvalue weighted by molar-refractivity contribution is 9.10. The second-order valence-electron chi connectivity index (χ2n) is 4.86. The minimum absolute atomic E-state index is 0.760. The highest BCUT2D eigenvalue weighted by Crippen LogP contribution is 2.33. The lowest BCUT2D eigenvalue weighted by molar-refractivity contribution is 0.0374. The number of aryl methyl sites for hydroxylation is 1. The Labute approximate surface area is 129 Å². The average molecular weight is 344 g/mol. The normalized spacial score (nSPS) is 16.1. The van der Waals surface area contributed by atoms with Crippen LogP contribution in [0, 0.1) is 0 Å². The molecule has 1 aliphatic heterocycles. The number of nitrogens with zero attached hydrogens (tertiary/aromatic N) is 1. The lowest BCUT2D eigenvalue weighted by atomic mass is 10.1. The molecule has 0 bridgehead atoms. The van der Waals surface area contributed by atoms with E-state index in [4.69, 9.17) is 14.2 Å². The van der Waals surface area contributed by atoms with Gasteiger partial charge in [0.2, 0.25) is 0 Å². The summed E-state index contributed by atoms with van der Waals surface area (Å²) in [6.07, 6.45) is 2.16. The van der Waals surface area contributed by atoms with E-state index < -0.39 is 0 Å². The molecule has 0 radical (unpaired) electrons. The summed E-state index contributed by atoms with van der Waals surface area (Å²) < 4.78 is 17.1. The molecule has 0 aromatic heterocycles. The summed E-state index contributed by atoms with van der Waals surface area (Å²) in [5, 5.41) is 0. The number of methoxy groups -OCH3 is 2. The molecule has 0 amide bonds. The molecule has 1 aromatic rings. The van der Waals surface area contributed by atoms with E-state index in [9.17, 15) is 0 Å². The lowest BCUT2D eigenvalue weighted by Crippen LogP contribution is -2.36. The molecule has 20 heavy (non-hydrogen) atoms. The van der Waals surface area contributed by atoms with Gasteiger partial charge in [0, 0.05) is 17.6 Å². The first-order valence-electron chi connectivity index (χ1n) is 6.95. The standard InChI is InChI=1S/C15H22BrNO3/c1-18-14-10-12(13(16)11-15(14)19-2)4-3-5-17-6-8-20-9-7-17/h10-11H,3-9H2,1-2H3. The molecule has 1 aromatic carbocycles. The van der Waals surface area contributed by atoms with E-state index in [1.54, 1.807) is 14.2 Å². The van der Waals surface area contributed by atoms with E-state index in [-0.39, 0.29) is 0 Å². The fourth-order valence-electron chi connectivity index (χ4n) is 2.41. The highest BCUT2D eigenvalue weighted by atomic mass is 79.9. The van der Waals surface area contributed by atoms with Crippen LogP contribution in [0.4, 0.5) is 0 Å². The number of hydrogen-bond acceptors (Lipinski definition) is 4. The Morgan fingerprint density at radius 2 is 1.80 bits per heavy atom. The number of rotatable bonds is 6. The van der Waals surface area contributed by atoms with Gasteiger partial charge in [0.25, 0.3) is 0 Å². The summed E-state index contributed by atoms with van der Waals surface area (Å²) in [4.78, 5) is 2.46. The molecule has 0 atom stereocenters. The van der Waals surface area contributed by atoms with Gasteiger partial charge in [0.05, 0.1) is 27.4 Å². The van der Waals surface area contributed by atoms with E-state index in [1.807, 2.05) is 6.07 Å². The number of benzene rings is 1. The Morgan fingerprint density at radius 1 is 1.15 bits per heavy atom. The van der Waals surface area contributed by atoms with Crippen LogP contribution in [-0.2, 0) is 11.2 Å². The Bertz CT molecular complexity index is 433. The first-order chi connectivity index (χ1) is 9.74. The van der Waals surface area contributed by atoms with Crippen LogP contribution >= 0.6 is 15.9 Å². The fraction of sp³-hybridized carbons (Fsp3) is 0.600. The summed E-state index contributed by atoms with van der Waals surface area (Å²) in [6.45, 7) is 4.93. The number of morpholine rings is 1. The van der Waals surface area contributed by atoms with Crippen LogP contribution in [0.1, 0.15) is 12.0 Å².